The van der Waals surface area contributed by atoms with Gasteiger partial charge in [-0.3, -0.25) is 14.4 Å². The summed E-state index contributed by atoms with van der Waals surface area (Å²) in [5.74, 6) is -0.397. The fourth-order valence-electron chi connectivity index (χ4n) is 2.93. The van der Waals surface area contributed by atoms with E-state index in [2.05, 4.69) is 6.92 Å². The van der Waals surface area contributed by atoms with Crippen LogP contribution >= 0.6 is 0 Å². The lowest BCUT2D eigenvalue weighted by molar-refractivity contribution is -0.166. The predicted octanol–water partition coefficient (Wildman–Crippen LogP) is 0.753. The molecule has 1 spiro atoms. The molecule has 2 fully saturated rings. The first-order valence-corrected chi connectivity index (χ1v) is 6.55. The molecule has 2 rings (SSSR count). The summed E-state index contributed by atoms with van der Waals surface area (Å²) < 4.78 is 10.2. The maximum Gasteiger partial charge on any atom is 0.302 e. The van der Waals surface area contributed by atoms with Gasteiger partial charge in [-0.2, -0.15) is 5.06 Å². The number of hydroxylamine groups is 2. The normalized spacial score (nSPS) is 37.4. The molecule has 2 aliphatic rings. The minimum absolute atomic E-state index is 0.100. The average Bonchev–Trinajstić information content (AvgIpc) is 2.76. The van der Waals surface area contributed by atoms with E-state index in [-0.39, 0.29) is 29.4 Å². The molecule has 19 heavy (non-hydrogen) atoms. The highest BCUT2D eigenvalue weighted by Gasteiger charge is 2.70. The Balaban J connectivity index is 1.98. The van der Waals surface area contributed by atoms with Crippen molar-refractivity contribution in [3.8, 4) is 0 Å². The summed E-state index contributed by atoms with van der Waals surface area (Å²) in [6.07, 6.45) is 0.862. The fourth-order valence-corrected chi connectivity index (χ4v) is 2.93. The minimum atomic E-state index is -0.334. The summed E-state index contributed by atoms with van der Waals surface area (Å²) in [7, 11) is 1.89. The number of hydrogen-bond acceptors (Lipinski definition) is 6. The Morgan fingerprint density at radius 2 is 1.68 bits per heavy atom. The van der Waals surface area contributed by atoms with Gasteiger partial charge in [-0.1, -0.05) is 0 Å². The maximum absolute atomic E-state index is 10.9. The molecule has 1 unspecified atom stereocenters. The first-order valence-electron chi connectivity index (χ1n) is 6.55. The quantitative estimate of drug-likeness (QED) is 0.703. The lowest BCUT2D eigenvalue weighted by Crippen LogP contribution is -2.21. The fraction of sp³-hybridized carbons (Fsp3) is 0.846. The van der Waals surface area contributed by atoms with Gasteiger partial charge in [-0.05, 0) is 13.3 Å². The Kier molecular flexibility index (Phi) is 3.82. The highest BCUT2D eigenvalue weighted by Crippen LogP contribution is 2.60. The molecule has 1 saturated heterocycles. The number of nitrogens with zero attached hydrogens (tertiary/aromatic N) is 1. The predicted molar refractivity (Wildman–Crippen MR) is 65.9 cm³/mol. The van der Waals surface area contributed by atoms with Crippen molar-refractivity contribution in [3.05, 3.63) is 0 Å². The summed E-state index contributed by atoms with van der Waals surface area (Å²) in [6.45, 7) is 5.50. The molecule has 108 valence electrons. The van der Waals surface area contributed by atoms with Crippen molar-refractivity contribution < 1.29 is 23.9 Å². The zero-order valence-electron chi connectivity index (χ0n) is 11.8. The van der Waals surface area contributed by atoms with E-state index >= 15 is 0 Å². The molecule has 6 heteroatoms. The Labute approximate surface area is 112 Å². The van der Waals surface area contributed by atoms with Gasteiger partial charge < -0.3 is 9.47 Å². The van der Waals surface area contributed by atoms with Gasteiger partial charge in [0.15, 0.2) is 0 Å². The smallest absolute Gasteiger partial charge is 0.302 e. The van der Waals surface area contributed by atoms with Crippen molar-refractivity contribution in [2.75, 3.05) is 20.3 Å². The Morgan fingerprint density at radius 1 is 1.21 bits per heavy atom. The van der Waals surface area contributed by atoms with Gasteiger partial charge in [0, 0.05) is 38.8 Å². The van der Waals surface area contributed by atoms with E-state index in [0.29, 0.717) is 19.3 Å². The third kappa shape index (κ3) is 2.74. The van der Waals surface area contributed by atoms with Crippen molar-refractivity contribution in [3.63, 3.8) is 0 Å². The average molecular weight is 271 g/mol. The molecule has 0 aromatic heterocycles. The van der Waals surface area contributed by atoms with E-state index in [9.17, 15) is 9.59 Å². The van der Waals surface area contributed by atoms with Crippen molar-refractivity contribution in [1.82, 2.24) is 5.06 Å². The number of hydrogen-bond donors (Lipinski definition) is 0. The summed E-state index contributed by atoms with van der Waals surface area (Å²) in [4.78, 5) is 27.8. The Hall–Kier alpha value is -1.14. The van der Waals surface area contributed by atoms with Gasteiger partial charge in [0.05, 0.1) is 13.2 Å². The largest absolute Gasteiger partial charge is 0.465 e. The van der Waals surface area contributed by atoms with E-state index < -0.39 is 0 Å². The van der Waals surface area contributed by atoms with E-state index in [0.717, 1.165) is 6.42 Å². The highest BCUT2D eigenvalue weighted by atomic mass is 16.7. The van der Waals surface area contributed by atoms with E-state index in [1.54, 1.807) is 0 Å². The number of carbonyl (C=O) groups excluding carboxylic acids is 2. The monoisotopic (exact) mass is 271 g/mol. The molecule has 0 radical (unpaired) electrons. The summed E-state index contributed by atoms with van der Waals surface area (Å²) in [5, 5.41) is 1.83. The van der Waals surface area contributed by atoms with E-state index in [1.807, 2.05) is 12.1 Å². The van der Waals surface area contributed by atoms with Crippen LogP contribution in [0.25, 0.3) is 0 Å². The van der Waals surface area contributed by atoms with Gasteiger partial charge in [0.1, 0.15) is 5.60 Å². The Morgan fingerprint density at radius 3 is 2.00 bits per heavy atom. The third-order valence-electron chi connectivity index (χ3n) is 4.11. The summed E-state index contributed by atoms with van der Waals surface area (Å²) >= 11 is 0. The van der Waals surface area contributed by atoms with Crippen LogP contribution in [0, 0.1) is 11.8 Å². The molecule has 1 aliphatic heterocycles. The molecule has 6 nitrogen and oxygen atoms in total. The molecule has 1 saturated carbocycles. The van der Waals surface area contributed by atoms with Crippen LogP contribution in [-0.4, -0.2) is 48.9 Å². The molecule has 0 aromatic carbocycles. The lowest BCUT2D eigenvalue weighted by Gasteiger charge is -2.13. The van der Waals surface area contributed by atoms with Gasteiger partial charge in [0.2, 0.25) is 0 Å². The number of esters is 2. The van der Waals surface area contributed by atoms with Crippen LogP contribution in [-0.2, 0) is 23.9 Å². The second-order valence-electron chi connectivity index (χ2n) is 5.46. The first kappa shape index (κ1) is 14.3. The first-order chi connectivity index (χ1) is 8.86. The Bertz CT molecular complexity index is 347. The maximum atomic E-state index is 10.9. The molecule has 0 bridgehead atoms. The topological polar surface area (TPSA) is 65.1 Å². The number of rotatable bonds is 4. The molecule has 0 amide bonds. The summed E-state index contributed by atoms with van der Waals surface area (Å²) in [6, 6.07) is 0.308. The molecule has 1 heterocycles. The van der Waals surface area contributed by atoms with E-state index in [1.165, 1.54) is 13.8 Å². The standard InChI is InChI=1S/C13H21NO5/c1-8-5-13(19-14(8)4)11(6-17-9(2)15)12(13)7-18-10(3)16/h8,11-12H,5-7H2,1-4H3/t8?,11-,12-/m1/s1. The lowest BCUT2D eigenvalue weighted by atomic mass is 10.1. The van der Waals surface area contributed by atoms with Gasteiger partial charge in [-0.25, -0.2) is 0 Å². The number of ether oxygens (including phenoxy) is 2. The molecule has 1 aliphatic carbocycles. The van der Waals surface area contributed by atoms with Gasteiger partial charge >= 0.3 is 11.9 Å². The molecular weight excluding hydrogens is 250 g/mol. The minimum Gasteiger partial charge on any atom is -0.465 e. The SMILES string of the molecule is CC(=O)OC[C@@H]1[C@@H](COC(C)=O)C12CC(C)N(C)O2. The van der Waals surface area contributed by atoms with Crippen molar-refractivity contribution in [2.45, 2.75) is 38.8 Å². The van der Waals surface area contributed by atoms with Crippen molar-refractivity contribution in [2.24, 2.45) is 11.8 Å². The molecule has 0 aromatic rings. The highest BCUT2D eigenvalue weighted by molar-refractivity contribution is 5.66. The zero-order valence-corrected chi connectivity index (χ0v) is 11.8. The van der Waals surface area contributed by atoms with Crippen LogP contribution in [0.4, 0.5) is 0 Å². The molecule has 0 N–H and O–H groups in total. The van der Waals surface area contributed by atoms with Gasteiger partial charge in [0.25, 0.3) is 0 Å². The number of carbonyl (C=O) groups is 2. The van der Waals surface area contributed by atoms with Crippen LogP contribution in [0.15, 0.2) is 0 Å². The molecular formula is C13H21NO5. The second kappa shape index (κ2) is 5.09. The van der Waals surface area contributed by atoms with Gasteiger partial charge in [-0.15, -0.1) is 0 Å². The van der Waals surface area contributed by atoms with E-state index in [4.69, 9.17) is 14.3 Å². The zero-order chi connectivity index (χ0) is 14.2. The van der Waals surface area contributed by atoms with Crippen molar-refractivity contribution in [1.29, 1.82) is 0 Å². The van der Waals surface area contributed by atoms with Crippen LogP contribution in [0.5, 0.6) is 0 Å². The van der Waals surface area contributed by atoms with Crippen LogP contribution in [0.2, 0.25) is 0 Å². The van der Waals surface area contributed by atoms with Crippen molar-refractivity contribution >= 4 is 11.9 Å². The second-order valence-corrected chi connectivity index (χ2v) is 5.46. The molecule has 3 atom stereocenters. The van der Waals surface area contributed by atoms with Crippen LogP contribution in [0.3, 0.4) is 0 Å². The van der Waals surface area contributed by atoms with Crippen LogP contribution < -0.4 is 0 Å². The third-order valence-corrected chi connectivity index (χ3v) is 4.11. The van der Waals surface area contributed by atoms with Crippen LogP contribution in [0.1, 0.15) is 27.2 Å². The summed E-state index contributed by atoms with van der Waals surface area (Å²) in [5.41, 5.74) is -0.334.